The molecule has 0 fully saturated rings. The molecule has 5 heteroatoms. The zero-order valence-electron chi connectivity index (χ0n) is 15.8. The van der Waals surface area contributed by atoms with E-state index in [1.807, 2.05) is 32.0 Å². The zero-order valence-corrected chi connectivity index (χ0v) is 15.8. The average Bonchev–Trinajstić information content (AvgIpc) is 3.20. The van der Waals surface area contributed by atoms with E-state index in [1.54, 1.807) is 12.1 Å². The Morgan fingerprint density at radius 2 is 1.79 bits per heavy atom. The maximum atomic E-state index is 9.68. The third kappa shape index (κ3) is 3.49. The molecule has 0 saturated heterocycles. The molecule has 138 valence electrons. The van der Waals surface area contributed by atoms with Crippen molar-refractivity contribution in [2.75, 3.05) is 0 Å². The van der Waals surface area contributed by atoms with Crippen LogP contribution in [0.3, 0.4) is 0 Å². The number of aliphatic imine (C=N–C) groups is 1. The lowest BCUT2D eigenvalue weighted by Crippen LogP contribution is -2.15. The predicted molar refractivity (Wildman–Crippen MR) is 111 cm³/mol. The van der Waals surface area contributed by atoms with Crippen LogP contribution in [0.2, 0.25) is 0 Å². The summed E-state index contributed by atoms with van der Waals surface area (Å²) in [6, 6.07) is 20.2. The van der Waals surface area contributed by atoms with Crippen molar-refractivity contribution < 1.29 is 5.11 Å². The lowest BCUT2D eigenvalue weighted by Gasteiger charge is -2.19. The molecule has 1 aliphatic heterocycles. The molecule has 1 unspecified atom stereocenters. The Kier molecular flexibility index (Phi) is 4.40. The van der Waals surface area contributed by atoms with Gasteiger partial charge in [0.05, 0.1) is 11.5 Å². The van der Waals surface area contributed by atoms with Gasteiger partial charge in [0.25, 0.3) is 0 Å². The van der Waals surface area contributed by atoms with Gasteiger partial charge < -0.3 is 5.11 Å². The molecule has 1 aliphatic rings. The Labute approximate surface area is 163 Å². The highest BCUT2D eigenvalue weighted by atomic mass is 16.3. The molecule has 28 heavy (non-hydrogen) atoms. The van der Waals surface area contributed by atoms with Gasteiger partial charge in [0.15, 0.2) is 6.17 Å². The molecule has 1 N–H and O–H groups in total. The molecule has 0 aromatic heterocycles. The third-order valence-corrected chi connectivity index (χ3v) is 5.06. The number of azo groups is 1. The van der Waals surface area contributed by atoms with Crippen molar-refractivity contribution in [3.05, 3.63) is 65.7 Å². The van der Waals surface area contributed by atoms with Crippen LogP contribution in [0.15, 0.2) is 69.8 Å². The number of fused-ring (bicyclic) bond motifs is 1. The minimum Gasteiger partial charge on any atom is -0.508 e. The standard InChI is InChI=1S/C23H20N4O/c1-23(2,13-24)20-8-15(9-22-25-14-26-27-22)7-19(11-20)17-3-4-18-12-21(28)6-5-16(18)10-17/h3-8,10-12,14,22,28H,9H2,1-2H3. The highest BCUT2D eigenvalue weighted by molar-refractivity contribution is 5.88. The normalized spacial score (nSPS) is 15.8. The second-order valence-electron chi connectivity index (χ2n) is 7.58. The van der Waals surface area contributed by atoms with E-state index in [1.165, 1.54) is 6.34 Å². The number of phenolic OH excluding ortho intramolecular Hbond substituents is 1. The Balaban J connectivity index is 1.81. The number of rotatable bonds is 4. The molecule has 0 bridgehead atoms. The Morgan fingerprint density at radius 1 is 1.00 bits per heavy atom. The van der Waals surface area contributed by atoms with E-state index >= 15 is 0 Å². The van der Waals surface area contributed by atoms with Crippen LogP contribution in [0.25, 0.3) is 21.9 Å². The van der Waals surface area contributed by atoms with Gasteiger partial charge in [-0.2, -0.15) is 10.4 Å². The van der Waals surface area contributed by atoms with E-state index in [2.05, 4.69) is 45.6 Å². The number of nitriles is 1. The third-order valence-electron chi connectivity index (χ3n) is 5.06. The monoisotopic (exact) mass is 368 g/mol. The summed E-state index contributed by atoms with van der Waals surface area (Å²) in [5.74, 6) is 0.256. The molecule has 4 rings (SSSR count). The second-order valence-corrected chi connectivity index (χ2v) is 7.58. The number of benzene rings is 3. The van der Waals surface area contributed by atoms with Crippen LogP contribution in [0.4, 0.5) is 0 Å². The van der Waals surface area contributed by atoms with E-state index in [4.69, 9.17) is 0 Å². The van der Waals surface area contributed by atoms with Gasteiger partial charge in [-0.3, -0.25) is 0 Å². The molecule has 1 atom stereocenters. The summed E-state index contributed by atoms with van der Waals surface area (Å²) in [4.78, 5) is 4.25. The van der Waals surface area contributed by atoms with Gasteiger partial charge in [-0.15, -0.1) is 5.11 Å². The van der Waals surface area contributed by atoms with E-state index in [0.29, 0.717) is 6.42 Å². The molecular formula is C23H20N4O. The Morgan fingerprint density at radius 3 is 2.54 bits per heavy atom. The first kappa shape index (κ1) is 17.9. The summed E-state index contributed by atoms with van der Waals surface area (Å²) in [5.41, 5.74) is 3.54. The topological polar surface area (TPSA) is 81.1 Å². The molecule has 0 spiro atoms. The maximum absolute atomic E-state index is 9.68. The summed E-state index contributed by atoms with van der Waals surface area (Å²) >= 11 is 0. The van der Waals surface area contributed by atoms with Gasteiger partial charge in [-0.25, -0.2) is 4.99 Å². The minimum absolute atomic E-state index is 0.201. The van der Waals surface area contributed by atoms with Gasteiger partial charge in [-0.1, -0.05) is 30.3 Å². The fraction of sp³-hybridized carbons (Fsp3) is 0.217. The molecule has 0 saturated carbocycles. The van der Waals surface area contributed by atoms with Crippen LogP contribution in [0.1, 0.15) is 25.0 Å². The SMILES string of the molecule is CC(C)(C#N)c1cc(CC2N=CN=N2)cc(-c2ccc3cc(O)ccc3c2)c1. The summed E-state index contributed by atoms with van der Waals surface area (Å²) in [6.45, 7) is 3.85. The molecule has 1 heterocycles. The van der Waals surface area contributed by atoms with Gasteiger partial charge in [0.1, 0.15) is 12.1 Å². The highest BCUT2D eigenvalue weighted by Crippen LogP contribution is 2.32. The van der Waals surface area contributed by atoms with E-state index < -0.39 is 5.41 Å². The number of hydrogen-bond donors (Lipinski definition) is 1. The van der Waals surface area contributed by atoms with Crippen LogP contribution >= 0.6 is 0 Å². The van der Waals surface area contributed by atoms with E-state index in [0.717, 1.165) is 33.0 Å². The van der Waals surface area contributed by atoms with Crippen molar-refractivity contribution >= 4 is 17.1 Å². The Hall–Kier alpha value is -3.52. The quantitative estimate of drug-likeness (QED) is 0.671. The molecule has 0 aliphatic carbocycles. The van der Waals surface area contributed by atoms with Gasteiger partial charge in [0, 0.05) is 6.42 Å². The fourth-order valence-corrected chi connectivity index (χ4v) is 3.36. The first-order valence-corrected chi connectivity index (χ1v) is 9.15. The van der Waals surface area contributed by atoms with Crippen LogP contribution in [0.5, 0.6) is 5.75 Å². The van der Waals surface area contributed by atoms with Crippen LogP contribution in [0, 0.1) is 11.3 Å². The molecule has 3 aromatic rings. The van der Waals surface area contributed by atoms with Crippen LogP contribution < -0.4 is 0 Å². The smallest absolute Gasteiger partial charge is 0.166 e. The predicted octanol–water partition coefficient (Wildman–Crippen LogP) is 5.38. The number of aromatic hydroxyl groups is 1. The summed E-state index contributed by atoms with van der Waals surface area (Å²) in [5, 5.41) is 29.3. The molecule has 0 amide bonds. The maximum Gasteiger partial charge on any atom is 0.166 e. The molecule has 3 aromatic carbocycles. The highest BCUT2D eigenvalue weighted by Gasteiger charge is 2.22. The van der Waals surface area contributed by atoms with Crippen molar-refractivity contribution in [1.82, 2.24) is 0 Å². The fourth-order valence-electron chi connectivity index (χ4n) is 3.36. The van der Waals surface area contributed by atoms with Crippen molar-refractivity contribution in [2.45, 2.75) is 31.8 Å². The number of nitrogens with zero attached hydrogens (tertiary/aromatic N) is 4. The summed E-state index contributed by atoms with van der Waals surface area (Å²) in [6.07, 6.45) is 1.92. The van der Waals surface area contributed by atoms with Crippen molar-refractivity contribution in [3.8, 4) is 22.9 Å². The van der Waals surface area contributed by atoms with Crippen molar-refractivity contribution in [1.29, 1.82) is 5.26 Å². The zero-order chi connectivity index (χ0) is 19.7. The minimum atomic E-state index is -0.603. The second kappa shape index (κ2) is 6.90. The van der Waals surface area contributed by atoms with Gasteiger partial charge >= 0.3 is 0 Å². The van der Waals surface area contributed by atoms with Crippen LogP contribution in [-0.2, 0) is 11.8 Å². The lowest BCUT2D eigenvalue weighted by atomic mass is 9.83. The van der Waals surface area contributed by atoms with Gasteiger partial charge in [0.2, 0.25) is 0 Å². The Bertz CT molecular complexity index is 1140. The molecular weight excluding hydrogens is 348 g/mol. The molecule has 5 nitrogen and oxygen atoms in total. The van der Waals surface area contributed by atoms with E-state index in [-0.39, 0.29) is 11.9 Å². The number of phenols is 1. The van der Waals surface area contributed by atoms with Crippen molar-refractivity contribution in [3.63, 3.8) is 0 Å². The molecule has 0 radical (unpaired) electrons. The average molecular weight is 368 g/mol. The number of hydrogen-bond acceptors (Lipinski definition) is 5. The van der Waals surface area contributed by atoms with Gasteiger partial charge in [-0.05, 0) is 71.1 Å². The first-order chi connectivity index (χ1) is 13.4. The first-order valence-electron chi connectivity index (χ1n) is 9.15. The summed E-state index contributed by atoms with van der Waals surface area (Å²) < 4.78 is 0. The lowest BCUT2D eigenvalue weighted by molar-refractivity contribution is 0.476. The van der Waals surface area contributed by atoms with Crippen molar-refractivity contribution in [2.24, 2.45) is 15.2 Å². The summed E-state index contributed by atoms with van der Waals surface area (Å²) in [7, 11) is 0. The van der Waals surface area contributed by atoms with E-state index in [9.17, 15) is 10.4 Å². The largest absolute Gasteiger partial charge is 0.508 e. The van der Waals surface area contributed by atoms with Crippen LogP contribution in [-0.4, -0.2) is 17.6 Å².